The zero-order chi connectivity index (χ0) is 9.14. The molecule has 12 heavy (non-hydrogen) atoms. The predicted molar refractivity (Wildman–Crippen MR) is 49.8 cm³/mol. The molecule has 0 heterocycles. The van der Waals surface area contributed by atoms with Gasteiger partial charge in [-0.2, -0.15) is 0 Å². The van der Waals surface area contributed by atoms with Crippen LogP contribution in [-0.4, -0.2) is 16.8 Å². The van der Waals surface area contributed by atoms with Crippen molar-refractivity contribution >= 4 is 15.9 Å². The molecule has 0 fully saturated rings. The van der Waals surface area contributed by atoms with Crippen LogP contribution in [0.2, 0.25) is 0 Å². The number of aromatic hydroxyl groups is 1. The number of phenols is 1. The van der Waals surface area contributed by atoms with E-state index in [1.165, 1.54) is 6.07 Å². The maximum atomic E-state index is 9.33. The fourth-order valence-electron chi connectivity index (χ4n) is 0.919. The van der Waals surface area contributed by atoms with E-state index in [2.05, 4.69) is 15.9 Å². The average Bonchev–Trinajstić information content (AvgIpc) is 2.08. The van der Waals surface area contributed by atoms with Gasteiger partial charge in [-0.3, -0.25) is 0 Å². The molecule has 0 unspecified atom stereocenters. The Bertz CT molecular complexity index is 278. The summed E-state index contributed by atoms with van der Waals surface area (Å²) >= 11 is 3.23. The lowest BCUT2D eigenvalue weighted by atomic mass is 10.1. The second-order valence-corrected chi connectivity index (χ2v) is 3.37. The van der Waals surface area contributed by atoms with Gasteiger partial charge in [-0.1, -0.05) is 15.9 Å². The highest BCUT2D eigenvalue weighted by Crippen LogP contribution is 2.26. The SMILES string of the molecule is NC[C@@H](O)c1cc(Br)ccc1O. The number of aliphatic hydroxyl groups excluding tert-OH is 1. The highest BCUT2D eigenvalue weighted by Gasteiger charge is 2.10. The van der Waals surface area contributed by atoms with Crippen LogP contribution < -0.4 is 5.73 Å². The number of aliphatic hydroxyl groups is 1. The van der Waals surface area contributed by atoms with Crippen LogP contribution in [0, 0.1) is 0 Å². The minimum atomic E-state index is -0.803. The minimum absolute atomic E-state index is 0.0659. The molecular formula is C8H10BrNO2. The van der Waals surface area contributed by atoms with Crippen molar-refractivity contribution < 1.29 is 10.2 Å². The van der Waals surface area contributed by atoms with E-state index >= 15 is 0 Å². The highest BCUT2D eigenvalue weighted by atomic mass is 79.9. The Balaban J connectivity index is 3.04. The quantitative estimate of drug-likeness (QED) is 0.716. The van der Waals surface area contributed by atoms with E-state index in [1.54, 1.807) is 12.1 Å². The Morgan fingerprint density at radius 2 is 2.17 bits per heavy atom. The first-order valence-electron chi connectivity index (χ1n) is 3.51. The molecule has 0 aliphatic carbocycles. The number of halogens is 1. The monoisotopic (exact) mass is 231 g/mol. The van der Waals surface area contributed by atoms with Crippen molar-refractivity contribution in [1.82, 2.24) is 0 Å². The normalized spacial score (nSPS) is 12.9. The van der Waals surface area contributed by atoms with E-state index in [0.29, 0.717) is 5.56 Å². The highest BCUT2D eigenvalue weighted by molar-refractivity contribution is 9.10. The zero-order valence-corrected chi connectivity index (χ0v) is 7.95. The summed E-state index contributed by atoms with van der Waals surface area (Å²) in [6.07, 6.45) is -0.803. The van der Waals surface area contributed by atoms with Gasteiger partial charge >= 0.3 is 0 Å². The van der Waals surface area contributed by atoms with Crippen molar-refractivity contribution in [2.45, 2.75) is 6.10 Å². The maximum absolute atomic E-state index is 9.33. The molecule has 0 aliphatic heterocycles. The molecule has 0 spiro atoms. The summed E-state index contributed by atoms with van der Waals surface area (Å²) in [6, 6.07) is 4.85. The molecule has 1 aromatic carbocycles. The van der Waals surface area contributed by atoms with Crippen LogP contribution >= 0.6 is 15.9 Å². The van der Waals surface area contributed by atoms with Crippen molar-refractivity contribution in [2.75, 3.05) is 6.54 Å². The average molecular weight is 232 g/mol. The van der Waals surface area contributed by atoms with Crippen molar-refractivity contribution in [2.24, 2.45) is 5.73 Å². The lowest BCUT2D eigenvalue weighted by Crippen LogP contribution is -2.11. The molecule has 4 heteroatoms. The molecule has 66 valence electrons. The number of hydrogen-bond donors (Lipinski definition) is 3. The molecule has 0 amide bonds. The summed E-state index contributed by atoms with van der Waals surface area (Å²) in [4.78, 5) is 0. The van der Waals surface area contributed by atoms with E-state index in [9.17, 15) is 10.2 Å². The van der Waals surface area contributed by atoms with Crippen LogP contribution in [-0.2, 0) is 0 Å². The lowest BCUT2D eigenvalue weighted by Gasteiger charge is -2.09. The molecule has 1 rings (SSSR count). The summed E-state index contributed by atoms with van der Waals surface area (Å²) in [5, 5.41) is 18.6. The smallest absolute Gasteiger partial charge is 0.121 e. The van der Waals surface area contributed by atoms with Crippen LogP contribution in [0.25, 0.3) is 0 Å². The second kappa shape index (κ2) is 3.89. The minimum Gasteiger partial charge on any atom is -0.508 e. The van der Waals surface area contributed by atoms with Gasteiger partial charge < -0.3 is 15.9 Å². The number of nitrogens with two attached hydrogens (primary N) is 1. The fourth-order valence-corrected chi connectivity index (χ4v) is 1.30. The fraction of sp³-hybridized carbons (Fsp3) is 0.250. The first-order valence-corrected chi connectivity index (χ1v) is 4.31. The Kier molecular flexibility index (Phi) is 3.08. The number of rotatable bonds is 2. The molecule has 0 aliphatic rings. The molecule has 4 N–H and O–H groups in total. The lowest BCUT2D eigenvalue weighted by molar-refractivity contribution is 0.182. The van der Waals surface area contributed by atoms with Gasteiger partial charge in [0.1, 0.15) is 5.75 Å². The number of benzene rings is 1. The first-order chi connectivity index (χ1) is 5.65. The molecule has 0 radical (unpaired) electrons. The summed E-state index contributed by atoms with van der Waals surface area (Å²) in [6.45, 7) is 0.101. The largest absolute Gasteiger partial charge is 0.508 e. The van der Waals surface area contributed by atoms with Gasteiger partial charge in [-0.15, -0.1) is 0 Å². The van der Waals surface area contributed by atoms with Gasteiger partial charge in [0.25, 0.3) is 0 Å². The van der Waals surface area contributed by atoms with Crippen molar-refractivity contribution in [3.8, 4) is 5.75 Å². The van der Waals surface area contributed by atoms with Gasteiger partial charge in [-0.05, 0) is 18.2 Å². The van der Waals surface area contributed by atoms with E-state index in [-0.39, 0.29) is 12.3 Å². The third kappa shape index (κ3) is 1.97. The zero-order valence-electron chi connectivity index (χ0n) is 6.37. The molecule has 3 nitrogen and oxygen atoms in total. The number of hydrogen-bond acceptors (Lipinski definition) is 3. The van der Waals surface area contributed by atoms with Crippen LogP contribution in [0.1, 0.15) is 11.7 Å². The van der Waals surface area contributed by atoms with Crippen LogP contribution in [0.5, 0.6) is 5.75 Å². The van der Waals surface area contributed by atoms with Crippen molar-refractivity contribution in [3.63, 3.8) is 0 Å². The van der Waals surface area contributed by atoms with Gasteiger partial charge in [0.2, 0.25) is 0 Å². The summed E-state index contributed by atoms with van der Waals surface area (Å²) in [7, 11) is 0. The molecular weight excluding hydrogens is 222 g/mol. The summed E-state index contributed by atoms with van der Waals surface area (Å²) in [5.41, 5.74) is 5.70. The molecule has 0 saturated carbocycles. The van der Waals surface area contributed by atoms with E-state index in [0.717, 1.165) is 4.47 Å². The third-order valence-corrected chi connectivity index (χ3v) is 2.07. The maximum Gasteiger partial charge on any atom is 0.121 e. The Labute approximate surface area is 79.0 Å². The number of phenolic OH excluding ortho intramolecular Hbond substituents is 1. The van der Waals surface area contributed by atoms with Crippen LogP contribution in [0.3, 0.4) is 0 Å². The third-order valence-electron chi connectivity index (χ3n) is 1.57. The molecule has 0 saturated heterocycles. The topological polar surface area (TPSA) is 66.5 Å². The van der Waals surface area contributed by atoms with E-state index in [4.69, 9.17) is 5.73 Å². The molecule has 1 atom stereocenters. The van der Waals surface area contributed by atoms with Crippen LogP contribution in [0.4, 0.5) is 0 Å². The standard InChI is InChI=1S/C8H10BrNO2/c9-5-1-2-7(11)6(3-5)8(12)4-10/h1-3,8,11-12H,4,10H2/t8-/m1/s1. The van der Waals surface area contributed by atoms with Crippen molar-refractivity contribution in [3.05, 3.63) is 28.2 Å². The van der Waals surface area contributed by atoms with E-state index < -0.39 is 6.10 Å². The Morgan fingerprint density at radius 3 is 2.75 bits per heavy atom. The van der Waals surface area contributed by atoms with E-state index in [1.807, 2.05) is 0 Å². The van der Waals surface area contributed by atoms with Gasteiger partial charge in [0.05, 0.1) is 6.10 Å². The Hall–Kier alpha value is -0.580. The molecule has 0 bridgehead atoms. The molecule has 0 aromatic heterocycles. The van der Waals surface area contributed by atoms with Crippen molar-refractivity contribution in [1.29, 1.82) is 0 Å². The van der Waals surface area contributed by atoms with Crippen LogP contribution in [0.15, 0.2) is 22.7 Å². The van der Waals surface area contributed by atoms with Gasteiger partial charge in [0, 0.05) is 16.6 Å². The van der Waals surface area contributed by atoms with Gasteiger partial charge in [0.15, 0.2) is 0 Å². The predicted octanol–water partition coefficient (Wildman–Crippen LogP) is 1.15. The summed E-state index contributed by atoms with van der Waals surface area (Å²) < 4.78 is 0.808. The van der Waals surface area contributed by atoms with Gasteiger partial charge in [-0.25, -0.2) is 0 Å². The Morgan fingerprint density at radius 1 is 1.50 bits per heavy atom. The summed E-state index contributed by atoms with van der Waals surface area (Å²) in [5.74, 6) is 0.0659. The first kappa shape index (κ1) is 9.51. The second-order valence-electron chi connectivity index (χ2n) is 2.45. The molecule has 1 aromatic rings.